The van der Waals surface area contributed by atoms with Gasteiger partial charge >= 0.3 is 0 Å². The molecule has 100 valence electrons. The van der Waals surface area contributed by atoms with Gasteiger partial charge in [0.2, 0.25) is 0 Å². The van der Waals surface area contributed by atoms with Crippen LogP contribution in [-0.2, 0) is 5.60 Å². The third-order valence-electron chi connectivity index (χ3n) is 2.99. The van der Waals surface area contributed by atoms with Crippen LogP contribution in [0.3, 0.4) is 0 Å². The van der Waals surface area contributed by atoms with E-state index in [9.17, 15) is 9.50 Å². The Morgan fingerprint density at radius 1 is 1.21 bits per heavy atom. The van der Waals surface area contributed by atoms with E-state index in [1.165, 1.54) is 12.1 Å². The van der Waals surface area contributed by atoms with E-state index in [1.807, 2.05) is 6.92 Å². The molecule has 1 aromatic heterocycles. The van der Waals surface area contributed by atoms with Gasteiger partial charge in [-0.25, -0.2) is 4.39 Å². The zero-order chi connectivity index (χ0) is 13.9. The highest BCUT2D eigenvalue weighted by Crippen LogP contribution is 2.30. The molecule has 0 radical (unpaired) electrons. The Labute approximate surface area is 111 Å². The number of nitrogens with zero attached hydrogens (tertiary/aromatic N) is 1. The van der Waals surface area contributed by atoms with Crippen LogP contribution in [0.2, 0.25) is 0 Å². The standard InChI is InChI=1S/C15H16FNO2/c1-3-19-14-8-12(9-17-10-14)15(2,18)11-4-6-13(16)7-5-11/h4-10,18H,3H2,1-2H3. The molecular formula is C15H16FNO2. The van der Waals surface area contributed by atoms with Gasteiger partial charge < -0.3 is 9.84 Å². The highest BCUT2D eigenvalue weighted by molar-refractivity contribution is 5.36. The lowest BCUT2D eigenvalue weighted by atomic mass is 9.89. The summed E-state index contributed by atoms with van der Waals surface area (Å²) in [5.41, 5.74) is -0.0391. The third kappa shape index (κ3) is 2.90. The first kappa shape index (κ1) is 13.5. The van der Waals surface area contributed by atoms with Gasteiger partial charge in [0.25, 0.3) is 0 Å². The quantitative estimate of drug-likeness (QED) is 0.920. The van der Waals surface area contributed by atoms with Crippen LogP contribution in [0.4, 0.5) is 4.39 Å². The Hall–Kier alpha value is -1.94. The van der Waals surface area contributed by atoms with E-state index in [0.717, 1.165) is 0 Å². The Morgan fingerprint density at radius 3 is 2.53 bits per heavy atom. The molecule has 2 aromatic rings. The van der Waals surface area contributed by atoms with Crippen LogP contribution in [0, 0.1) is 5.82 Å². The van der Waals surface area contributed by atoms with Crippen molar-refractivity contribution in [2.45, 2.75) is 19.4 Å². The lowest BCUT2D eigenvalue weighted by molar-refractivity contribution is 0.101. The van der Waals surface area contributed by atoms with Gasteiger partial charge in [-0.05, 0) is 37.6 Å². The first-order chi connectivity index (χ1) is 9.04. The number of hydrogen-bond acceptors (Lipinski definition) is 3. The van der Waals surface area contributed by atoms with Gasteiger partial charge in [-0.2, -0.15) is 0 Å². The molecule has 0 aliphatic rings. The molecule has 1 N–H and O–H groups in total. The van der Waals surface area contributed by atoms with Crippen LogP contribution in [0.15, 0.2) is 42.7 Å². The summed E-state index contributed by atoms with van der Waals surface area (Å²) in [5, 5.41) is 10.6. The molecule has 1 aromatic carbocycles. The summed E-state index contributed by atoms with van der Waals surface area (Å²) >= 11 is 0. The van der Waals surface area contributed by atoms with Crippen molar-refractivity contribution in [3.05, 3.63) is 59.7 Å². The zero-order valence-electron chi connectivity index (χ0n) is 10.9. The summed E-state index contributed by atoms with van der Waals surface area (Å²) < 4.78 is 18.3. The van der Waals surface area contributed by atoms with Gasteiger partial charge in [-0.15, -0.1) is 0 Å². The molecule has 0 saturated heterocycles. The fourth-order valence-corrected chi connectivity index (χ4v) is 1.87. The molecule has 0 saturated carbocycles. The van der Waals surface area contributed by atoms with Gasteiger partial charge in [0.1, 0.15) is 17.2 Å². The van der Waals surface area contributed by atoms with E-state index in [1.54, 1.807) is 37.5 Å². The van der Waals surface area contributed by atoms with Crippen LogP contribution in [-0.4, -0.2) is 16.7 Å². The van der Waals surface area contributed by atoms with Gasteiger partial charge in [0.15, 0.2) is 0 Å². The first-order valence-corrected chi connectivity index (χ1v) is 6.10. The van der Waals surface area contributed by atoms with Crippen LogP contribution in [0.25, 0.3) is 0 Å². The Balaban J connectivity index is 2.37. The topological polar surface area (TPSA) is 42.4 Å². The molecule has 0 aliphatic carbocycles. The van der Waals surface area contributed by atoms with Crippen LogP contribution < -0.4 is 4.74 Å². The average molecular weight is 261 g/mol. The monoisotopic (exact) mass is 261 g/mol. The van der Waals surface area contributed by atoms with E-state index < -0.39 is 5.60 Å². The maximum atomic E-state index is 12.9. The number of ether oxygens (including phenoxy) is 1. The number of aliphatic hydroxyl groups is 1. The molecule has 0 spiro atoms. The van der Waals surface area contributed by atoms with Gasteiger partial charge in [-0.3, -0.25) is 4.98 Å². The molecule has 1 unspecified atom stereocenters. The van der Waals surface area contributed by atoms with Crippen molar-refractivity contribution < 1.29 is 14.2 Å². The van der Waals surface area contributed by atoms with Crippen molar-refractivity contribution >= 4 is 0 Å². The SMILES string of the molecule is CCOc1cncc(C(C)(O)c2ccc(F)cc2)c1. The molecule has 0 aliphatic heterocycles. The maximum absolute atomic E-state index is 12.9. The molecule has 4 heteroatoms. The summed E-state index contributed by atoms with van der Waals surface area (Å²) in [6, 6.07) is 7.50. The Kier molecular flexibility index (Phi) is 3.81. The zero-order valence-corrected chi connectivity index (χ0v) is 10.9. The molecule has 1 atom stereocenters. The maximum Gasteiger partial charge on any atom is 0.137 e. The van der Waals surface area contributed by atoms with Crippen molar-refractivity contribution in [2.24, 2.45) is 0 Å². The fraction of sp³-hybridized carbons (Fsp3) is 0.267. The summed E-state index contributed by atoms with van der Waals surface area (Å²) in [7, 11) is 0. The Bertz CT molecular complexity index is 552. The Morgan fingerprint density at radius 2 is 1.89 bits per heavy atom. The van der Waals surface area contributed by atoms with Gasteiger partial charge in [-0.1, -0.05) is 12.1 Å². The van der Waals surface area contributed by atoms with E-state index in [0.29, 0.717) is 23.5 Å². The van der Waals surface area contributed by atoms with Crippen LogP contribution >= 0.6 is 0 Å². The minimum atomic E-state index is -1.24. The largest absolute Gasteiger partial charge is 0.492 e. The second-order valence-corrected chi connectivity index (χ2v) is 4.42. The highest BCUT2D eigenvalue weighted by atomic mass is 19.1. The minimum absolute atomic E-state index is 0.333. The predicted octanol–water partition coefficient (Wildman–Crippen LogP) is 2.88. The number of benzene rings is 1. The summed E-state index contributed by atoms with van der Waals surface area (Å²) in [6.07, 6.45) is 3.17. The number of halogens is 1. The van der Waals surface area contributed by atoms with Crippen molar-refractivity contribution in [3.63, 3.8) is 0 Å². The first-order valence-electron chi connectivity index (χ1n) is 6.10. The van der Waals surface area contributed by atoms with E-state index in [2.05, 4.69) is 4.98 Å². The highest BCUT2D eigenvalue weighted by Gasteiger charge is 2.26. The summed E-state index contributed by atoms with van der Waals surface area (Å²) in [5.74, 6) is 0.267. The predicted molar refractivity (Wildman–Crippen MR) is 70.5 cm³/mol. The van der Waals surface area contributed by atoms with Crippen LogP contribution in [0.5, 0.6) is 5.75 Å². The van der Waals surface area contributed by atoms with Crippen molar-refractivity contribution in [1.29, 1.82) is 0 Å². The average Bonchev–Trinajstić information content (AvgIpc) is 2.40. The molecule has 2 rings (SSSR count). The lowest BCUT2D eigenvalue weighted by Gasteiger charge is -2.24. The minimum Gasteiger partial charge on any atom is -0.492 e. The van der Waals surface area contributed by atoms with Crippen molar-refractivity contribution in [3.8, 4) is 5.75 Å². The van der Waals surface area contributed by atoms with E-state index in [-0.39, 0.29) is 5.82 Å². The number of aromatic nitrogens is 1. The molecule has 19 heavy (non-hydrogen) atoms. The number of rotatable bonds is 4. The summed E-state index contributed by atoms with van der Waals surface area (Å²) in [6.45, 7) is 4.06. The lowest BCUT2D eigenvalue weighted by Crippen LogP contribution is -2.23. The van der Waals surface area contributed by atoms with Crippen molar-refractivity contribution in [1.82, 2.24) is 4.98 Å². The third-order valence-corrected chi connectivity index (χ3v) is 2.99. The molecule has 0 bridgehead atoms. The van der Waals surface area contributed by atoms with E-state index in [4.69, 9.17) is 4.74 Å². The van der Waals surface area contributed by atoms with E-state index >= 15 is 0 Å². The molecule has 1 heterocycles. The van der Waals surface area contributed by atoms with Crippen molar-refractivity contribution in [2.75, 3.05) is 6.61 Å². The summed E-state index contributed by atoms with van der Waals surface area (Å²) in [4.78, 5) is 4.05. The second-order valence-electron chi connectivity index (χ2n) is 4.42. The number of hydrogen-bond donors (Lipinski definition) is 1. The normalized spacial score (nSPS) is 13.9. The molecular weight excluding hydrogens is 245 g/mol. The van der Waals surface area contributed by atoms with Gasteiger partial charge in [0.05, 0.1) is 12.8 Å². The molecule has 0 fully saturated rings. The fourth-order valence-electron chi connectivity index (χ4n) is 1.87. The number of pyridine rings is 1. The molecule has 0 amide bonds. The van der Waals surface area contributed by atoms with Gasteiger partial charge in [0, 0.05) is 11.8 Å². The second kappa shape index (κ2) is 5.36. The smallest absolute Gasteiger partial charge is 0.137 e. The molecule has 3 nitrogen and oxygen atoms in total. The van der Waals surface area contributed by atoms with Crippen LogP contribution in [0.1, 0.15) is 25.0 Å².